The van der Waals surface area contributed by atoms with E-state index < -0.39 is 12.1 Å². The van der Waals surface area contributed by atoms with E-state index in [0.717, 1.165) is 49.0 Å². The minimum Gasteiger partial charge on any atom is -0.491 e. The number of nitrogens with zero attached hydrogens (tertiary/aromatic N) is 7. The first-order chi connectivity index (χ1) is 25.8. The molecule has 2 aliphatic rings. The number of hydrogen-bond donors (Lipinski definition) is 0. The van der Waals surface area contributed by atoms with Crippen LogP contribution in [0.5, 0.6) is 5.75 Å². The first kappa shape index (κ1) is 37.0. The van der Waals surface area contributed by atoms with Crippen LogP contribution in [0.3, 0.4) is 0 Å². The van der Waals surface area contributed by atoms with Crippen LogP contribution in [0, 0.1) is 0 Å². The van der Waals surface area contributed by atoms with Gasteiger partial charge in [-0.3, -0.25) is 0 Å². The Kier molecular flexibility index (Phi) is 11.7. The Morgan fingerprint density at radius 1 is 0.887 bits per heavy atom. The Labute approximate surface area is 318 Å². The molecular weight excluding hydrogens is 721 g/mol. The SMILES string of the molecule is CCOC(Cn1ncn(-c2ccc(N3CCN(c4ccc(OCC5COC(Cn6ccnc6)(c6ccc(Cl)cc6Cl)O5)cc4)CC3)cc2)c1=O)OCC. The Morgan fingerprint density at radius 2 is 1.55 bits per heavy atom. The van der Waals surface area contributed by atoms with Crippen LogP contribution in [0.1, 0.15) is 19.4 Å². The molecule has 53 heavy (non-hydrogen) atoms. The quantitative estimate of drug-likeness (QED) is 0.125. The van der Waals surface area contributed by atoms with Crippen molar-refractivity contribution in [2.24, 2.45) is 0 Å². The van der Waals surface area contributed by atoms with E-state index in [2.05, 4.69) is 44.1 Å². The molecule has 2 saturated heterocycles. The molecule has 3 aromatic carbocycles. The third kappa shape index (κ3) is 8.56. The fraction of sp³-hybridized carbons (Fsp3) is 0.395. The van der Waals surface area contributed by atoms with E-state index in [1.165, 1.54) is 15.6 Å². The molecule has 2 unspecified atom stereocenters. The highest BCUT2D eigenvalue weighted by Gasteiger charge is 2.45. The third-order valence-corrected chi connectivity index (χ3v) is 9.87. The van der Waals surface area contributed by atoms with E-state index in [4.69, 9.17) is 46.9 Å². The normalized spacial score (nSPS) is 19.0. The summed E-state index contributed by atoms with van der Waals surface area (Å²) in [5.41, 5.74) is 3.46. The number of imidazole rings is 1. The maximum Gasteiger partial charge on any atom is 0.350 e. The Morgan fingerprint density at radius 3 is 2.17 bits per heavy atom. The van der Waals surface area contributed by atoms with Gasteiger partial charge in [-0.15, -0.1) is 0 Å². The number of rotatable bonds is 15. The van der Waals surface area contributed by atoms with Crippen LogP contribution in [0.2, 0.25) is 10.0 Å². The van der Waals surface area contributed by atoms with Crippen molar-refractivity contribution in [2.75, 3.05) is 62.4 Å². The number of ether oxygens (including phenoxy) is 5. The molecule has 2 atom stereocenters. The summed E-state index contributed by atoms with van der Waals surface area (Å²) in [6.07, 6.45) is 5.98. The van der Waals surface area contributed by atoms with E-state index in [9.17, 15) is 4.79 Å². The molecule has 4 heterocycles. The van der Waals surface area contributed by atoms with Gasteiger partial charge in [0.15, 0.2) is 6.29 Å². The molecule has 13 nitrogen and oxygen atoms in total. The highest BCUT2D eigenvalue weighted by molar-refractivity contribution is 6.35. The van der Waals surface area contributed by atoms with E-state index in [1.54, 1.807) is 24.7 Å². The fourth-order valence-corrected chi connectivity index (χ4v) is 7.22. The first-order valence-corrected chi connectivity index (χ1v) is 18.5. The highest BCUT2D eigenvalue weighted by Crippen LogP contribution is 2.40. The van der Waals surface area contributed by atoms with Gasteiger partial charge in [-0.2, -0.15) is 5.10 Å². The molecule has 0 aliphatic carbocycles. The van der Waals surface area contributed by atoms with E-state index >= 15 is 0 Å². The molecule has 2 aromatic heterocycles. The van der Waals surface area contributed by atoms with Crippen molar-refractivity contribution < 1.29 is 23.7 Å². The largest absolute Gasteiger partial charge is 0.491 e. The van der Waals surface area contributed by atoms with Crippen molar-refractivity contribution in [3.05, 3.63) is 118 Å². The zero-order chi connectivity index (χ0) is 36.8. The maximum atomic E-state index is 13.0. The van der Waals surface area contributed by atoms with Crippen molar-refractivity contribution in [1.82, 2.24) is 23.9 Å². The topological polar surface area (TPSA) is 110 Å². The zero-order valence-electron chi connectivity index (χ0n) is 29.7. The second-order valence-corrected chi connectivity index (χ2v) is 13.6. The molecule has 0 bridgehead atoms. The standard InChI is InChI=1S/C38H43Cl2N7O6/c1-3-49-36(50-4-2)22-47-37(48)46(27-42-47)31-8-6-29(7-9-31)44-17-19-45(20-18-44)30-10-12-32(13-11-30)51-23-33-24-52-38(53-33,25-43-16-15-41-26-43)34-14-5-28(39)21-35(34)40/h5-16,21,26-27,33,36H,3-4,17-20,22-25H2,1-2H3. The molecule has 280 valence electrons. The minimum absolute atomic E-state index is 0.229. The predicted molar refractivity (Wildman–Crippen MR) is 202 cm³/mol. The minimum atomic E-state index is -1.10. The van der Waals surface area contributed by atoms with Crippen LogP contribution < -0.4 is 20.2 Å². The average Bonchev–Trinajstić information content (AvgIpc) is 3.93. The van der Waals surface area contributed by atoms with Gasteiger partial charge in [-0.1, -0.05) is 29.3 Å². The summed E-state index contributed by atoms with van der Waals surface area (Å²) < 4.78 is 34.9. The Hall–Kier alpha value is -4.37. The number of piperazine rings is 1. The smallest absolute Gasteiger partial charge is 0.350 e. The second kappa shape index (κ2) is 16.8. The van der Waals surface area contributed by atoms with Gasteiger partial charge in [0, 0.05) is 73.7 Å². The molecule has 7 rings (SSSR count). The van der Waals surface area contributed by atoms with Gasteiger partial charge in [-0.05, 0) is 74.5 Å². The molecule has 5 aromatic rings. The summed E-state index contributed by atoms with van der Waals surface area (Å²) in [5, 5.41) is 5.28. The lowest BCUT2D eigenvalue weighted by Crippen LogP contribution is -2.46. The predicted octanol–water partition coefficient (Wildman–Crippen LogP) is 5.61. The summed E-state index contributed by atoms with van der Waals surface area (Å²) in [7, 11) is 0. The number of anilines is 2. The van der Waals surface area contributed by atoms with Crippen LogP contribution in [-0.2, 0) is 37.8 Å². The van der Waals surface area contributed by atoms with Crippen molar-refractivity contribution in [1.29, 1.82) is 0 Å². The van der Waals surface area contributed by atoms with E-state index in [-0.39, 0.29) is 18.3 Å². The molecule has 15 heteroatoms. The summed E-state index contributed by atoms with van der Waals surface area (Å²) in [4.78, 5) is 21.9. The molecule has 2 aliphatic heterocycles. The number of halogens is 2. The van der Waals surface area contributed by atoms with Crippen LogP contribution >= 0.6 is 23.2 Å². The van der Waals surface area contributed by atoms with E-state index in [1.807, 2.05) is 54.9 Å². The van der Waals surface area contributed by atoms with Crippen molar-refractivity contribution in [2.45, 2.75) is 45.1 Å². The molecule has 0 saturated carbocycles. The molecule has 0 amide bonds. The van der Waals surface area contributed by atoms with Crippen LogP contribution in [0.25, 0.3) is 5.69 Å². The van der Waals surface area contributed by atoms with Crippen molar-refractivity contribution in [3.8, 4) is 11.4 Å². The number of aromatic nitrogens is 5. The van der Waals surface area contributed by atoms with Crippen molar-refractivity contribution >= 4 is 34.6 Å². The Balaban J connectivity index is 0.908. The van der Waals surface area contributed by atoms with Crippen LogP contribution in [0.15, 0.2) is 96.6 Å². The van der Waals surface area contributed by atoms with Gasteiger partial charge < -0.3 is 38.1 Å². The Bertz CT molecular complexity index is 1980. The van der Waals surface area contributed by atoms with Crippen LogP contribution in [0.4, 0.5) is 11.4 Å². The molecular formula is C38H43Cl2N7O6. The lowest BCUT2D eigenvalue weighted by molar-refractivity contribution is -0.189. The van der Waals surface area contributed by atoms with Gasteiger partial charge in [0.25, 0.3) is 0 Å². The number of hydrogen-bond acceptors (Lipinski definition) is 10. The molecule has 2 fully saturated rings. The fourth-order valence-electron chi connectivity index (χ4n) is 6.67. The van der Waals surface area contributed by atoms with Gasteiger partial charge in [0.1, 0.15) is 24.8 Å². The average molecular weight is 765 g/mol. The number of benzene rings is 3. The van der Waals surface area contributed by atoms with Crippen LogP contribution in [-0.4, -0.2) is 88.9 Å². The molecule has 0 N–H and O–H groups in total. The van der Waals surface area contributed by atoms with Gasteiger partial charge in [0.05, 0.1) is 36.7 Å². The van der Waals surface area contributed by atoms with E-state index in [0.29, 0.717) is 48.6 Å². The molecule has 0 spiro atoms. The monoisotopic (exact) mass is 763 g/mol. The molecule has 0 radical (unpaired) electrons. The summed E-state index contributed by atoms with van der Waals surface area (Å²) in [6, 6.07) is 21.5. The second-order valence-electron chi connectivity index (χ2n) is 12.8. The van der Waals surface area contributed by atoms with Gasteiger partial charge >= 0.3 is 5.69 Å². The van der Waals surface area contributed by atoms with Gasteiger partial charge in [0.2, 0.25) is 5.79 Å². The lowest BCUT2D eigenvalue weighted by Gasteiger charge is -2.37. The maximum absolute atomic E-state index is 13.0. The summed E-state index contributed by atoms with van der Waals surface area (Å²) in [5.74, 6) is -0.354. The zero-order valence-corrected chi connectivity index (χ0v) is 31.2. The lowest BCUT2D eigenvalue weighted by atomic mass is 10.1. The van der Waals surface area contributed by atoms with Crippen molar-refractivity contribution in [3.63, 3.8) is 0 Å². The summed E-state index contributed by atoms with van der Waals surface area (Å²) in [6.45, 7) is 9.49. The highest BCUT2D eigenvalue weighted by atomic mass is 35.5. The summed E-state index contributed by atoms with van der Waals surface area (Å²) >= 11 is 12.8. The van der Waals surface area contributed by atoms with Gasteiger partial charge in [-0.25, -0.2) is 19.0 Å². The third-order valence-electron chi connectivity index (χ3n) is 9.32. The first-order valence-electron chi connectivity index (χ1n) is 17.8.